The van der Waals surface area contributed by atoms with E-state index >= 15 is 0 Å². The Morgan fingerprint density at radius 3 is 2.48 bits per heavy atom. The van der Waals surface area contributed by atoms with Crippen molar-refractivity contribution in [1.29, 1.82) is 0 Å². The van der Waals surface area contributed by atoms with E-state index in [1.807, 2.05) is 64.1 Å². The number of carbonyl (C=O) groups is 1. The average molecular weight is 458 g/mol. The van der Waals surface area contributed by atoms with E-state index in [4.69, 9.17) is 9.47 Å². The number of carbonyl (C=O) groups excluding carboxylic acids is 1. The van der Waals surface area contributed by atoms with E-state index < -0.39 is 6.10 Å². The molecule has 1 aliphatic heterocycles. The third-order valence-corrected chi connectivity index (χ3v) is 5.77. The van der Waals surface area contributed by atoms with Crippen molar-refractivity contribution in [2.45, 2.75) is 39.4 Å². The largest absolute Gasteiger partial charge is 0.493 e. The maximum Gasteiger partial charge on any atom is 0.255 e. The Labute approximate surface area is 197 Å². The molecule has 1 saturated heterocycles. The lowest BCUT2D eigenvalue weighted by Gasteiger charge is -2.35. The topological polar surface area (TPSA) is 74.3 Å². The smallest absolute Gasteiger partial charge is 0.255 e. The van der Waals surface area contributed by atoms with Crippen molar-refractivity contribution in [2.75, 3.05) is 59.0 Å². The van der Waals surface area contributed by atoms with Crippen LogP contribution in [-0.4, -0.2) is 91.5 Å². The van der Waals surface area contributed by atoms with Gasteiger partial charge in [0.1, 0.15) is 5.75 Å². The molecular formula is C26H39N3O4. The number of β-amino-alcohol motifs (C(OH)–C–C–N with tert-alkyl or cyclic N) is 1. The van der Waals surface area contributed by atoms with Gasteiger partial charge >= 0.3 is 0 Å². The molecule has 182 valence electrons. The first-order valence-electron chi connectivity index (χ1n) is 12.0. The first-order valence-corrected chi connectivity index (χ1v) is 12.0. The van der Waals surface area contributed by atoms with Crippen LogP contribution in [0.15, 0.2) is 36.4 Å². The van der Waals surface area contributed by atoms with Gasteiger partial charge in [-0.2, -0.15) is 0 Å². The van der Waals surface area contributed by atoms with Crippen molar-refractivity contribution < 1.29 is 19.4 Å². The SMILES string of the molecule is CCOc1ccc2ccccc2c1C(=O)NCCN1CCN(C[C@H](O)COC(C)(C)C)CC1. The van der Waals surface area contributed by atoms with E-state index in [0.717, 1.165) is 43.5 Å². The van der Waals surface area contributed by atoms with Gasteiger partial charge in [0, 0.05) is 45.8 Å². The minimum absolute atomic E-state index is 0.101. The Morgan fingerprint density at radius 1 is 1.09 bits per heavy atom. The Hall–Kier alpha value is -2.19. The van der Waals surface area contributed by atoms with E-state index in [2.05, 4.69) is 15.1 Å². The predicted molar refractivity (Wildman–Crippen MR) is 132 cm³/mol. The van der Waals surface area contributed by atoms with Crippen LogP contribution < -0.4 is 10.1 Å². The number of ether oxygens (including phenoxy) is 2. The Balaban J connectivity index is 1.45. The number of benzene rings is 2. The number of nitrogens with one attached hydrogen (secondary N) is 1. The molecule has 2 aromatic carbocycles. The van der Waals surface area contributed by atoms with Crippen molar-refractivity contribution in [2.24, 2.45) is 0 Å². The van der Waals surface area contributed by atoms with Crippen molar-refractivity contribution in [3.05, 3.63) is 42.0 Å². The molecule has 2 aromatic rings. The van der Waals surface area contributed by atoms with Crippen molar-refractivity contribution >= 4 is 16.7 Å². The Morgan fingerprint density at radius 2 is 1.79 bits per heavy atom. The normalized spacial score (nSPS) is 16.6. The number of aliphatic hydroxyl groups excluding tert-OH is 1. The molecule has 7 heteroatoms. The van der Waals surface area contributed by atoms with E-state index in [0.29, 0.717) is 37.6 Å². The van der Waals surface area contributed by atoms with Crippen LogP contribution >= 0.6 is 0 Å². The Kier molecular flexibility index (Phi) is 9.09. The van der Waals surface area contributed by atoms with Crippen LogP contribution in [0, 0.1) is 0 Å². The first-order chi connectivity index (χ1) is 15.8. The van der Waals surface area contributed by atoms with Crippen molar-refractivity contribution in [3.8, 4) is 5.75 Å². The van der Waals surface area contributed by atoms with Gasteiger partial charge in [-0.25, -0.2) is 0 Å². The van der Waals surface area contributed by atoms with Gasteiger partial charge in [-0.1, -0.05) is 30.3 Å². The van der Waals surface area contributed by atoms with Crippen LogP contribution in [0.2, 0.25) is 0 Å². The van der Waals surface area contributed by atoms with Gasteiger partial charge in [-0.15, -0.1) is 0 Å². The predicted octanol–water partition coefficient (Wildman–Crippen LogP) is 2.76. The molecule has 0 bridgehead atoms. The van der Waals surface area contributed by atoms with Crippen LogP contribution in [-0.2, 0) is 4.74 Å². The molecule has 0 saturated carbocycles. The first kappa shape index (κ1) is 25.4. The molecule has 7 nitrogen and oxygen atoms in total. The molecule has 33 heavy (non-hydrogen) atoms. The molecule has 0 radical (unpaired) electrons. The third kappa shape index (κ3) is 7.67. The molecule has 1 aliphatic rings. The van der Waals surface area contributed by atoms with Crippen LogP contribution in [0.4, 0.5) is 0 Å². The zero-order valence-corrected chi connectivity index (χ0v) is 20.5. The quantitative estimate of drug-likeness (QED) is 0.572. The fraction of sp³-hybridized carbons (Fsp3) is 0.577. The van der Waals surface area contributed by atoms with Gasteiger partial charge in [0.05, 0.1) is 30.5 Å². The molecule has 1 atom stereocenters. The third-order valence-electron chi connectivity index (χ3n) is 5.77. The van der Waals surface area contributed by atoms with Gasteiger partial charge < -0.3 is 19.9 Å². The lowest BCUT2D eigenvalue weighted by atomic mass is 10.0. The zero-order valence-electron chi connectivity index (χ0n) is 20.5. The van der Waals surface area contributed by atoms with E-state index in [9.17, 15) is 9.90 Å². The van der Waals surface area contributed by atoms with Crippen LogP contribution in [0.3, 0.4) is 0 Å². The van der Waals surface area contributed by atoms with Crippen molar-refractivity contribution in [3.63, 3.8) is 0 Å². The molecule has 0 aromatic heterocycles. The summed E-state index contributed by atoms with van der Waals surface area (Å²) in [6, 6.07) is 11.8. The average Bonchev–Trinajstić information content (AvgIpc) is 2.78. The van der Waals surface area contributed by atoms with Crippen LogP contribution in [0.5, 0.6) is 5.75 Å². The lowest BCUT2D eigenvalue weighted by molar-refractivity contribution is -0.0585. The highest BCUT2D eigenvalue weighted by Crippen LogP contribution is 2.28. The van der Waals surface area contributed by atoms with E-state index in [-0.39, 0.29) is 11.5 Å². The minimum Gasteiger partial charge on any atom is -0.493 e. The number of hydrogen-bond acceptors (Lipinski definition) is 6. The number of aliphatic hydroxyl groups is 1. The highest BCUT2D eigenvalue weighted by atomic mass is 16.5. The highest BCUT2D eigenvalue weighted by Gasteiger charge is 2.21. The fourth-order valence-electron chi connectivity index (χ4n) is 4.07. The molecule has 3 rings (SSSR count). The molecule has 1 heterocycles. The second-order valence-electron chi connectivity index (χ2n) is 9.57. The van der Waals surface area contributed by atoms with Gasteiger partial charge in [0.2, 0.25) is 0 Å². The molecule has 2 N–H and O–H groups in total. The number of amides is 1. The summed E-state index contributed by atoms with van der Waals surface area (Å²) < 4.78 is 11.4. The summed E-state index contributed by atoms with van der Waals surface area (Å²) in [7, 11) is 0. The zero-order chi connectivity index (χ0) is 23.8. The number of piperazine rings is 1. The number of hydrogen-bond donors (Lipinski definition) is 2. The Bertz CT molecular complexity index is 904. The summed E-state index contributed by atoms with van der Waals surface area (Å²) in [5, 5.41) is 15.3. The number of rotatable bonds is 10. The standard InChI is InChI=1S/C26H39N3O4/c1-5-32-23-11-10-20-8-6-7-9-22(20)24(23)25(31)27-12-13-28-14-16-29(17-15-28)18-21(30)19-33-26(2,3)4/h6-11,21,30H,5,12-19H2,1-4H3,(H,27,31)/t21-/m0/s1. The summed E-state index contributed by atoms with van der Waals surface area (Å²) in [6.45, 7) is 14.4. The van der Waals surface area contributed by atoms with Crippen LogP contribution in [0.1, 0.15) is 38.1 Å². The molecule has 1 amide bonds. The molecule has 1 fully saturated rings. The summed E-state index contributed by atoms with van der Waals surface area (Å²) in [6.07, 6.45) is -0.477. The van der Waals surface area contributed by atoms with Crippen LogP contribution in [0.25, 0.3) is 10.8 Å². The maximum absolute atomic E-state index is 13.0. The molecule has 0 spiro atoms. The second kappa shape index (κ2) is 11.8. The monoisotopic (exact) mass is 457 g/mol. The minimum atomic E-state index is -0.477. The van der Waals surface area contributed by atoms with Crippen molar-refractivity contribution in [1.82, 2.24) is 15.1 Å². The van der Waals surface area contributed by atoms with Gasteiger partial charge in [0.25, 0.3) is 5.91 Å². The summed E-state index contributed by atoms with van der Waals surface area (Å²) in [5.41, 5.74) is 0.366. The maximum atomic E-state index is 13.0. The molecule has 0 unspecified atom stereocenters. The number of nitrogens with zero attached hydrogens (tertiary/aromatic N) is 2. The van der Waals surface area contributed by atoms with E-state index in [1.54, 1.807) is 0 Å². The van der Waals surface area contributed by atoms with Gasteiger partial charge in [-0.3, -0.25) is 14.6 Å². The fourth-order valence-corrected chi connectivity index (χ4v) is 4.07. The summed E-state index contributed by atoms with van der Waals surface area (Å²) >= 11 is 0. The lowest BCUT2D eigenvalue weighted by Crippen LogP contribution is -2.50. The molecule has 0 aliphatic carbocycles. The van der Waals surface area contributed by atoms with E-state index in [1.165, 1.54) is 0 Å². The van der Waals surface area contributed by atoms with Gasteiger partial charge in [-0.05, 0) is 44.5 Å². The highest BCUT2D eigenvalue weighted by molar-refractivity contribution is 6.09. The number of fused-ring (bicyclic) bond motifs is 1. The summed E-state index contributed by atoms with van der Waals surface area (Å²) in [5.74, 6) is 0.521. The van der Waals surface area contributed by atoms with Gasteiger partial charge in [0.15, 0.2) is 0 Å². The second-order valence-corrected chi connectivity index (χ2v) is 9.57. The summed E-state index contributed by atoms with van der Waals surface area (Å²) in [4.78, 5) is 17.7. The molecular weight excluding hydrogens is 418 g/mol.